The van der Waals surface area contributed by atoms with Gasteiger partial charge in [-0.25, -0.2) is 8.78 Å². The fourth-order valence-electron chi connectivity index (χ4n) is 3.87. The Labute approximate surface area is 198 Å². The summed E-state index contributed by atoms with van der Waals surface area (Å²) in [5, 5.41) is 16.8. The third-order valence-corrected chi connectivity index (χ3v) is 6.06. The quantitative estimate of drug-likeness (QED) is 0.297. The molecule has 0 saturated heterocycles. The van der Waals surface area contributed by atoms with E-state index in [4.69, 9.17) is 22.4 Å². The number of nitrogens with one attached hydrogen (secondary N) is 2. The molecule has 2 heterocycles. The second-order valence-electron chi connectivity index (χ2n) is 8.15. The zero-order valence-electron chi connectivity index (χ0n) is 18.1. The number of halogens is 3. The monoisotopic (exact) mass is 479 g/mol. The molecule has 172 valence electrons. The topological polar surface area (TPSA) is 94.5 Å². The van der Waals surface area contributed by atoms with Gasteiger partial charge in [0.2, 0.25) is 5.62 Å². The maximum Gasteiger partial charge on any atom is 0.295 e. The summed E-state index contributed by atoms with van der Waals surface area (Å²) in [4.78, 5) is 15.1. The van der Waals surface area contributed by atoms with Gasteiger partial charge in [-0.2, -0.15) is 4.98 Å². The van der Waals surface area contributed by atoms with Crippen molar-refractivity contribution in [1.29, 1.82) is 10.8 Å². The van der Waals surface area contributed by atoms with E-state index < -0.39 is 17.9 Å². The lowest BCUT2D eigenvalue weighted by Gasteiger charge is -2.22. The van der Waals surface area contributed by atoms with Crippen LogP contribution >= 0.6 is 11.6 Å². The predicted molar refractivity (Wildman–Crippen MR) is 127 cm³/mol. The van der Waals surface area contributed by atoms with E-state index in [-0.39, 0.29) is 5.52 Å². The van der Waals surface area contributed by atoms with Crippen molar-refractivity contribution in [3.8, 4) is 11.3 Å². The number of fused-ring (bicyclic) bond motifs is 1. The molecule has 0 unspecified atom stereocenters. The molecule has 10 heteroatoms. The largest absolute Gasteiger partial charge is 0.329 e. The number of benzene rings is 2. The van der Waals surface area contributed by atoms with Crippen molar-refractivity contribution in [2.24, 2.45) is 0 Å². The Balaban J connectivity index is 1.58. The molecule has 0 aliphatic heterocycles. The van der Waals surface area contributed by atoms with E-state index in [1.807, 2.05) is 30.5 Å². The first-order valence-corrected chi connectivity index (χ1v) is 11.0. The van der Waals surface area contributed by atoms with E-state index in [0.29, 0.717) is 22.1 Å². The summed E-state index contributed by atoms with van der Waals surface area (Å²) in [5.74, 6) is -0.130. The highest BCUT2D eigenvalue weighted by Gasteiger charge is 2.25. The molecule has 2 N–H and O–H groups in total. The van der Waals surface area contributed by atoms with E-state index in [1.54, 1.807) is 30.3 Å². The molecule has 7 nitrogen and oxygen atoms in total. The standard InChI is InChI=1S/C24H20ClF2N7/c1-33(16-4-2-3-14(9-16)19-12-30-18(11-31-19)13-5-6-13)23-17-8-7-15(25)10-20(17)34(24(29)32-23)22(28)21(26)27/h2-4,7-13,21,28-29H,5-6H2,1H3. The van der Waals surface area contributed by atoms with Gasteiger partial charge in [-0.3, -0.25) is 25.4 Å². The maximum absolute atomic E-state index is 13.3. The third-order valence-electron chi connectivity index (χ3n) is 5.83. The molecule has 1 fully saturated rings. The van der Waals surface area contributed by atoms with Crippen LogP contribution < -0.4 is 10.5 Å². The van der Waals surface area contributed by atoms with E-state index in [1.165, 1.54) is 6.07 Å². The number of nitrogens with zero attached hydrogens (tertiary/aromatic N) is 5. The molecule has 1 aliphatic carbocycles. The van der Waals surface area contributed by atoms with Gasteiger partial charge in [0.1, 0.15) is 5.82 Å². The first-order chi connectivity index (χ1) is 16.3. The Kier molecular flexibility index (Phi) is 5.57. The summed E-state index contributed by atoms with van der Waals surface area (Å²) >= 11 is 6.12. The van der Waals surface area contributed by atoms with Crippen LogP contribution in [0.25, 0.3) is 22.2 Å². The number of aromatic nitrogens is 4. The van der Waals surface area contributed by atoms with E-state index in [9.17, 15) is 8.78 Å². The molecule has 0 amide bonds. The zero-order chi connectivity index (χ0) is 24.0. The smallest absolute Gasteiger partial charge is 0.295 e. The van der Waals surface area contributed by atoms with Crippen molar-refractivity contribution in [3.05, 3.63) is 71.2 Å². The predicted octanol–water partition coefficient (Wildman–Crippen LogP) is 5.36. The van der Waals surface area contributed by atoms with Gasteiger partial charge in [-0.1, -0.05) is 23.7 Å². The van der Waals surface area contributed by atoms with Crippen molar-refractivity contribution in [3.63, 3.8) is 0 Å². The SMILES string of the molecule is CN(c1cccc(-c2cnc(C3CC3)cn2)c1)c1nc(=N)n(C(=N)C(F)F)c2cc(Cl)ccc12. The summed E-state index contributed by atoms with van der Waals surface area (Å²) in [6.07, 6.45) is 2.85. The minimum absolute atomic E-state index is 0.206. The second-order valence-corrected chi connectivity index (χ2v) is 8.59. The second kappa shape index (κ2) is 8.57. The molecule has 34 heavy (non-hydrogen) atoms. The number of alkyl halides is 2. The number of hydrogen-bond acceptors (Lipinski definition) is 6. The van der Waals surface area contributed by atoms with Crippen LogP contribution in [0.4, 0.5) is 20.3 Å². The average molecular weight is 480 g/mol. The highest BCUT2D eigenvalue weighted by molar-refractivity contribution is 6.31. The molecular weight excluding hydrogens is 460 g/mol. The molecule has 0 atom stereocenters. The fraction of sp³-hybridized carbons (Fsp3) is 0.208. The first-order valence-electron chi connectivity index (χ1n) is 10.6. The summed E-state index contributed by atoms with van der Waals surface area (Å²) in [6.45, 7) is 0. The molecule has 2 aromatic carbocycles. The summed E-state index contributed by atoms with van der Waals surface area (Å²) in [6, 6.07) is 12.4. The van der Waals surface area contributed by atoms with Gasteiger partial charge >= 0.3 is 0 Å². The van der Waals surface area contributed by atoms with Crippen LogP contribution in [0.1, 0.15) is 24.5 Å². The molecular formula is C24H20ClF2N7. The van der Waals surface area contributed by atoms with Crippen LogP contribution in [-0.2, 0) is 0 Å². The Hall–Kier alpha value is -3.72. The fourth-order valence-corrected chi connectivity index (χ4v) is 4.04. The van der Waals surface area contributed by atoms with Crippen LogP contribution in [0.15, 0.2) is 54.9 Å². The van der Waals surface area contributed by atoms with Gasteiger partial charge in [0.05, 0.1) is 23.1 Å². The average Bonchev–Trinajstić information content (AvgIpc) is 3.68. The van der Waals surface area contributed by atoms with Gasteiger partial charge in [0, 0.05) is 40.8 Å². The molecule has 0 spiro atoms. The lowest BCUT2D eigenvalue weighted by molar-refractivity contribution is 0.220. The van der Waals surface area contributed by atoms with Crippen molar-refractivity contribution in [2.45, 2.75) is 25.2 Å². The van der Waals surface area contributed by atoms with Crippen LogP contribution in [0.5, 0.6) is 0 Å². The Morgan fingerprint density at radius 1 is 1.15 bits per heavy atom. The molecule has 2 aromatic heterocycles. The van der Waals surface area contributed by atoms with Crippen LogP contribution in [0.2, 0.25) is 5.02 Å². The van der Waals surface area contributed by atoms with E-state index in [2.05, 4.69) is 15.0 Å². The summed E-state index contributed by atoms with van der Waals surface area (Å²) in [7, 11) is 1.78. The van der Waals surface area contributed by atoms with Gasteiger partial charge in [-0.05, 0) is 43.2 Å². The minimum Gasteiger partial charge on any atom is -0.329 e. The summed E-state index contributed by atoms with van der Waals surface area (Å²) in [5.41, 5.74) is 3.10. The third kappa shape index (κ3) is 4.03. The summed E-state index contributed by atoms with van der Waals surface area (Å²) < 4.78 is 27.4. The number of hydrogen-bond donors (Lipinski definition) is 2. The van der Waals surface area contributed by atoms with Gasteiger partial charge in [0.25, 0.3) is 6.43 Å². The van der Waals surface area contributed by atoms with E-state index in [0.717, 1.165) is 40.0 Å². The lowest BCUT2D eigenvalue weighted by Crippen LogP contribution is -2.34. The molecule has 5 rings (SSSR count). The highest BCUT2D eigenvalue weighted by atomic mass is 35.5. The van der Waals surface area contributed by atoms with Crippen molar-refractivity contribution in [2.75, 3.05) is 11.9 Å². The van der Waals surface area contributed by atoms with Crippen LogP contribution in [0, 0.1) is 10.8 Å². The zero-order valence-corrected chi connectivity index (χ0v) is 18.9. The highest BCUT2D eigenvalue weighted by Crippen LogP contribution is 2.39. The lowest BCUT2D eigenvalue weighted by atomic mass is 10.1. The van der Waals surface area contributed by atoms with E-state index >= 15 is 0 Å². The Morgan fingerprint density at radius 2 is 1.94 bits per heavy atom. The van der Waals surface area contributed by atoms with Gasteiger partial charge < -0.3 is 4.90 Å². The minimum atomic E-state index is -3.06. The van der Waals surface area contributed by atoms with Crippen LogP contribution in [-0.4, -0.2) is 38.8 Å². The number of anilines is 2. The maximum atomic E-state index is 13.3. The molecule has 0 radical (unpaired) electrons. The molecule has 1 aliphatic rings. The molecule has 1 saturated carbocycles. The first kappa shape index (κ1) is 22.1. The van der Waals surface area contributed by atoms with Crippen LogP contribution in [0.3, 0.4) is 0 Å². The van der Waals surface area contributed by atoms with Crippen molar-refractivity contribution >= 4 is 39.8 Å². The van der Waals surface area contributed by atoms with Crippen molar-refractivity contribution < 1.29 is 8.78 Å². The number of rotatable bonds is 5. The van der Waals surface area contributed by atoms with Crippen molar-refractivity contribution in [1.82, 2.24) is 19.5 Å². The van der Waals surface area contributed by atoms with Gasteiger partial charge in [-0.15, -0.1) is 0 Å². The molecule has 0 bridgehead atoms. The van der Waals surface area contributed by atoms with Gasteiger partial charge in [0.15, 0.2) is 5.84 Å². The molecule has 4 aromatic rings. The Bertz CT molecular complexity index is 1460. The normalized spacial score (nSPS) is 13.4. The Morgan fingerprint density at radius 3 is 2.62 bits per heavy atom.